The first-order valence-corrected chi connectivity index (χ1v) is 7.99. The molecule has 2 fully saturated rings. The van der Waals surface area contributed by atoms with Gasteiger partial charge in [-0.1, -0.05) is 31.4 Å². The quantitative estimate of drug-likeness (QED) is 0.853. The Balaban J connectivity index is 1.80. The van der Waals surface area contributed by atoms with Gasteiger partial charge in [-0.05, 0) is 19.3 Å². The van der Waals surface area contributed by atoms with E-state index in [1.807, 2.05) is 13.0 Å². The van der Waals surface area contributed by atoms with Crippen molar-refractivity contribution in [2.75, 3.05) is 18.0 Å². The number of aryl methyl sites for hydroxylation is 1. The summed E-state index contributed by atoms with van der Waals surface area (Å²) in [4.78, 5) is 11.1. The number of halogens is 1. The standard InChI is InChI=1S/C15H22ClN3O/c1-2-13-17-12(16)9-14(18-13)19-8-7-15(20)6-4-3-5-11(15)10-19/h9,11,20H,2-8,10H2,1H3. The predicted octanol–water partition coefficient (Wildman–Crippen LogP) is 2.82. The Morgan fingerprint density at radius 3 is 3.05 bits per heavy atom. The summed E-state index contributed by atoms with van der Waals surface area (Å²) in [6.45, 7) is 3.77. The molecule has 1 aromatic heterocycles. The van der Waals surface area contributed by atoms with Crippen LogP contribution in [0.3, 0.4) is 0 Å². The number of nitrogens with zero attached hydrogens (tertiary/aromatic N) is 3. The van der Waals surface area contributed by atoms with Gasteiger partial charge in [-0.25, -0.2) is 9.97 Å². The molecule has 1 saturated heterocycles. The second kappa shape index (κ2) is 5.49. The van der Waals surface area contributed by atoms with Crippen molar-refractivity contribution < 1.29 is 5.11 Å². The monoisotopic (exact) mass is 295 g/mol. The number of rotatable bonds is 2. The summed E-state index contributed by atoms with van der Waals surface area (Å²) in [7, 11) is 0. The lowest BCUT2D eigenvalue weighted by atomic mass is 9.71. The van der Waals surface area contributed by atoms with Crippen LogP contribution in [0.2, 0.25) is 5.15 Å². The van der Waals surface area contributed by atoms with E-state index in [-0.39, 0.29) is 0 Å². The van der Waals surface area contributed by atoms with E-state index in [1.165, 1.54) is 6.42 Å². The summed E-state index contributed by atoms with van der Waals surface area (Å²) < 4.78 is 0. The smallest absolute Gasteiger partial charge is 0.134 e. The molecule has 5 heteroatoms. The molecule has 4 nitrogen and oxygen atoms in total. The van der Waals surface area contributed by atoms with Gasteiger partial charge in [0.2, 0.25) is 0 Å². The second-order valence-corrected chi connectivity index (χ2v) is 6.45. The molecular formula is C15H22ClN3O. The third kappa shape index (κ3) is 2.63. The van der Waals surface area contributed by atoms with Crippen molar-refractivity contribution in [2.24, 2.45) is 5.92 Å². The van der Waals surface area contributed by atoms with Crippen LogP contribution in [0.4, 0.5) is 5.82 Å². The molecule has 0 amide bonds. The van der Waals surface area contributed by atoms with Gasteiger partial charge in [-0.3, -0.25) is 0 Å². The first kappa shape index (κ1) is 14.1. The predicted molar refractivity (Wildman–Crippen MR) is 80.2 cm³/mol. The third-order valence-electron chi connectivity index (χ3n) is 4.80. The topological polar surface area (TPSA) is 49.2 Å². The Labute approximate surface area is 125 Å². The number of piperidine rings is 1. The van der Waals surface area contributed by atoms with Crippen LogP contribution < -0.4 is 4.90 Å². The van der Waals surface area contributed by atoms with E-state index in [0.29, 0.717) is 11.1 Å². The van der Waals surface area contributed by atoms with Gasteiger partial charge >= 0.3 is 0 Å². The molecule has 2 heterocycles. The molecule has 1 saturated carbocycles. The van der Waals surface area contributed by atoms with Gasteiger partial charge in [0, 0.05) is 31.5 Å². The summed E-state index contributed by atoms with van der Waals surface area (Å²) in [5.41, 5.74) is -0.445. The van der Waals surface area contributed by atoms with E-state index in [1.54, 1.807) is 0 Å². The summed E-state index contributed by atoms with van der Waals surface area (Å²) in [5.74, 6) is 2.07. The largest absolute Gasteiger partial charge is 0.389 e. The Bertz CT molecular complexity index is 496. The maximum Gasteiger partial charge on any atom is 0.134 e. The highest BCUT2D eigenvalue weighted by Gasteiger charge is 2.43. The van der Waals surface area contributed by atoms with E-state index in [2.05, 4.69) is 14.9 Å². The fourth-order valence-electron chi connectivity index (χ4n) is 3.55. The molecule has 3 rings (SSSR count). The van der Waals surface area contributed by atoms with Crippen molar-refractivity contribution in [1.82, 2.24) is 9.97 Å². The fraction of sp³-hybridized carbons (Fsp3) is 0.733. The van der Waals surface area contributed by atoms with Crippen LogP contribution in [-0.2, 0) is 6.42 Å². The molecule has 0 spiro atoms. The van der Waals surface area contributed by atoms with Gasteiger partial charge in [0.1, 0.15) is 16.8 Å². The zero-order valence-corrected chi connectivity index (χ0v) is 12.7. The first-order chi connectivity index (χ1) is 9.60. The van der Waals surface area contributed by atoms with Crippen LogP contribution >= 0.6 is 11.6 Å². The normalized spacial score (nSPS) is 30.1. The highest BCUT2D eigenvalue weighted by Crippen LogP contribution is 2.40. The Morgan fingerprint density at radius 2 is 2.25 bits per heavy atom. The Morgan fingerprint density at radius 1 is 1.40 bits per heavy atom. The fourth-order valence-corrected chi connectivity index (χ4v) is 3.75. The lowest BCUT2D eigenvalue weighted by molar-refractivity contribution is -0.0613. The molecular weight excluding hydrogens is 274 g/mol. The van der Waals surface area contributed by atoms with Crippen molar-refractivity contribution in [1.29, 1.82) is 0 Å². The van der Waals surface area contributed by atoms with Crippen LogP contribution in [0.5, 0.6) is 0 Å². The van der Waals surface area contributed by atoms with Crippen molar-refractivity contribution in [3.63, 3.8) is 0 Å². The van der Waals surface area contributed by atoms with Gasteiger partial charge in [0.15, 0.2) is 0 Å². The van der Waals surface area contributed by atoms with Crippen molar-refractivity contribution in [3.05, 3.63) is 17.0 Å². The molecule has 2 atom stereocenters. The van der Waals surface area contributed by atoms with Crippen LogP contribution in [0.25, 0.3) is 0 Å². The molecule has 2 unspecified atom stereocenters. The van der Waals surface area contributed by atoms with Crippen molar-refractivity contribution in [3.8, 4) is 0 Å². The van der Waals surface area contributed by atoms with E-state index >= 15 is 0 Å². The molecule has 0 radical (unpaired) electrons. The Kier molecular flexibility index (Phi) is 3.87. The zero-order valence-electron chi connectivity index (χ0n) is 12.0. The van der Waals surface area contributed by atoms with E-state index in [9.17, 15) is 5.11 Å². The number of hydrogen-bond acceptors (Lipinski definition) is 4. The number of anilines is 1. The van der Waals surface area contributed by atoms with Crippen LogP contribution in [-0.4, -0.2) is 33.8 Å². The van der Waals surface area contributed by atoms with Crippen LogP contribution in [0, 0.1) is 5.92 Å². The molecule has 1 aromatic rings. The average Bonchev–Trinajstić information content (AvgIpc) is 2.45. The Hall–Kier alpha value is -0.870. The van der Waals surface area contributed by atoms with Gasteiger partial charge < -0.3 is 10.0 Å². The molecule has 0 bridgehead atoms. The van der Waals surface area contributed by atoms with E-state index < -0.39 is 5.60 Å². The van der Waals surface area contributed by atoms with Crippen molar-refractivity contribution in [2.45, 2.75) is 51.0 Å². The zero-order chi connectivity index (χ0) is 14.2. The summed E-state index contributed by atoms with van der Waals surface area (Å²) in [5, 5.41) is 11.2. The highest BCUT2D eigenvalue weighted by atomic mass is 35.5. The summed E-state index contributed by atoms with van der Waals surface area (Å²) in [6, 6.07) is 1.84. The SMILES string of the molecule is CCc1nc(Cl)cc(N2CCC3(O)CCCCC3C2)n1. The molecule has 20 heavy (non-hydrogen) atoms. The lowest BCUT2D eigenvalue weighted by Gasteiger charge is -2.47. The molecule has 0 aromatic carbocycles. The third-order valence-corrected chi connectivity index (χ3v) is 4.99. The minimum atomic E-state index is -0.445. The van der Waals surface area contributed by atoms with Gasteiger partial charge in [0.25, 0.3) is 0 Å². The lowest BCUT2D eigenvalue weighted by Crippen LogP contribution is -2.53. The van der Waals surface area contributed by atoms with Crippen LogP contribution in [0.15, 0.2) is 6.07 Å². The number of aliphatic hydroxyl groups is 1. The summed E-state index contributed by atoms with van der Waals surface area (Å²) in [6.07, 6.45) is 6.08. The van der Waals surface area contributed by atoms with E-state index in [0.717, 1.165) is 56.8 Å². The molecule has 110 valence electrons. The van der Waals surface area contributed by atoms with Gasteiger partial charge in [-0.2, -0.15) is 0 Å². The van der Waals surface area contributed by atoms with Crippen molar-refractivity contribution >= 4 is 17.4 Å². The number of fused-ring (bicyclic) bond motifs is 1. The van der Waals surface area contributed by atoms with E-state index in [4.69, 9.17) is 11.6 Å². The molecule has 1 N–H and O–H groups in total. The first-order valence-electron chi connectivity index (χ1n) is 7.61. The van der Waals surface area contributed by atoms with Crippen LogP contribution in [0.1, 0.15) is 44.9 Å². The second-order valence-electron chi connectivity index (χ2n) is 6.06. The molecule has 1 aliphatic carbocycles. The van der Waals surface area contributed by atoms with Gasteiger partial charge in [0.05, 0.1) is 5.60 Å². The number of hydrogen-bond donors (Lipinski definition) is 1. The summed E-state index contributed by atoms with van der Waals surface area (Å²) >= 11 is 6.09. The average molecular weight is 296 g/mol. The maximum atomic E-state index is 10.7. The molecule has 1 aliphatic heterocycles. The highest BCUT2D eigenvalue weighted by molar-refractivity contribution is 6.29. The minimum absolute atomic E-state index is 0.365. The van der Waals surface area contributed by atoms with Gasteiger partial charge in [-0.15, -0.1) is 0 Å². The number of aromatic nitrogens is 2. The molecule has 2 aliphatic rings. The maximum absolute atomic E-state index is 10.7. The minimum Gasteiger partial charge on any atom is -0.389 e.